The summed E-state index contributed by atoms with van der Waals surface area (Å²) in [5.41, 5.74) is 17.2. The van der Waals surface area contributed by atoms with Gasteiger partial charge in [0, 0.05) is 44.5 Å². The Morgan fingerprint density at radius 2 is 0.962 bits per heavy atom. The number of fused-ring (bicyclic) bond motifs is 7. The van der Waals surface area contributed by atoms with Crippen LogP contribution < -0.4 is 4.90 Å². The monoisotopic (exact) mass is 678 g/mol. The summed E-state index contributed by atoms with van der Waals surface area (Å²) in [5.74, 6) is 0. The van der Waals surface area contributed by atoms with Gasteiger partial charge < -0.3 is 9.47 Å². The SMILES string of the molecule is CC1(C)c2ccccc2-c2c1cc(-c1ccc(N(c3ccccc3)c3ccc(-c4ccccc4)cc3)cc1)c1c3ccccc3n(-c3ccccc3)c21. The minimum Gasteiger partial charge on any atom is -0.311 e. The fraction of sp³-hybridized carbons (Fsp3) is 0.0588. The molecule has 0 aliphatic heterocycles. The minimum atomic E-state index is -0.150. The lowest BCUT2D eigenvalue weighted by Gasteiger charge is -2.26. The molecule has 2 heteroatoms. The summed E-state index contributed by atoms with van der Waals surface area (Å²) in [7, 11) is 0. The van der Waals surface area contributed by atoms with Gasteiger partial charge >= 0.3 is 0 Å². The molecule has 2 nitrogen and oxygen atoms in total. The van der Waals surface area contributed by atoms with Crippen molar-refractivity contribution in [1.82, 2.24) is 4.57 Å². The van der Waals surface area contributed by atoms with Gasteiger partial charge in [-0.3, -0.25) is 0 Å². The number of anilines is 3. The molecule has 0 fully saturated rings. The second-order valence-electron chi connectivity index (χ2n) is 14.6. The Morgan fingerprint density at radius 3 is 1.66 bits per heavy atom. The molecule has 0 amide bonds. The van der Waals surface area contributed by atoms with Crippen molar-refractivity contribution in [2.24, 2.45) is 0 Å². The first-order valence-corrected chi connectivity index (χ1v) is 18.4. The smallest absolute Gasteiger partial charge is 0.0628 e. The van der Waals surface area contributed by atoms with Crippen LogP contribution in [0.2, 0.25) is 0 Å². The van der Waals surface area contributed by atoms with Crippen molar-refractivity contribution >= 4 is 38.9 Å². The molecule has 0 radical (unpaired) electrons. The van der Waals surface area contributed by atoms with Crippen LogP contribution in [-0.2, 0) is 5.41 Å². The Morgan fingerprint density at radius 1 is 0.434 bits per heavy atom. The molecule has 0 atom stereocenters. The Bertz CT molecular complexity index is 2760. The fourth-order valence-corrected chi connectivity index (χ4v) is 8.64. The first-order valence-electron chi connectivity index (χ1n) is 18.4. The molecule has 1 aliphatic carbocycles. The van der Waals surface area contributed by atoms with Crippen LogP contribution in [0.1, 0.15) is 25.0 Å². The second-order valence-corrected chi connectivity index (χ2v) is 14.6. The second kappa shape index (κ2) is 12.3. The van der Waals surface area contributed by atoms with E-state index >= 15 is 0 Å². The van der Waals surface area contributed by atoms with Gasteiger partial charge in [-0.2, -0.15) is 0 Å². The number of hydrogen-bond donors (Lipinski definition) is 0. The summed E-state index contributed by atoms with van der Waals surface area (Å²) >= 11 is 0. The highest BCUT2D eigenvalue weighted by atomic mass is 15.1. The molecule has 1 aromatic heterocycles. The summed E-state index contributed by atoms with van der Waals surface area (Å²) in [5, 5.41) is 2.56. The highest BCUT2D eigenvalue weighted by Crippen LogP contribution is 2.55. The third-order valence-electron chi connectivity index (χ3n) is 11.2. The summed E-state index contributed by atoms with van der Waals surface area (Å²) in [6.45, 7) is 4.76. The van der Waals surface area contributed by atoms with Crippen molar-refractivity contribution in [3.8, 4) is 39.1 Å². The van der Waals surface area contributed by atoms with Gasteiger partial charge in [-0.15, -0.1) is 0 Å². The largest absolute Gasteiger partial charge is 0.311 e. The molecule has 0 saturated heterocycles. The van der Waals surface area contributed by atoms with Crippen molar-refractivity contribution in [3.05, 3.63) is 205 Å². The minimum absolute atomic E-state index is 0.150. The molecular weight excluding hydrogens is 641 g/mol. The van der Waals surface area contributed by atoms with Crippen molar-refractivity contribution in [2.45, 2.75) is 19.3 Å². The number of nitrogens with zero attached hydrogens (tertiary/aromatic N) is 2. The van der Waals surface area contributed by atoms with E-state index in [0.717, 1.165) is 17.1 Å². The number of hydrogen-bond acceptors (Lipinski definition) is 1. The maximum absolute atomic E-state index is 2.50. The van der Waals surface area contributed by atoms with Crippen LogP contribution in [0.25, 0.3) is 60.9 Å². The van der Waals surface area contributed by atoms with E-state index in [1.807, 2.05) is 0 Å². The lowest BCUT2D eigenvalue weighted by Crippen LogP contribution is -2.15. The molecule has 1 heterocycles. The third-order valence-corrected chi connectivity index (χ3v) is 11.2. The molecule has 0 bridgehead atoms. The van der Waals surface area contributed by atoms with Crippen LogP contribution in [0.15, 0.2) is 194 Å². The summed E-state index contributed by atoms with van der Waals surface area (Å²) in [4.78, 5) is 2.35. The van der Waals surface area contributed by atoms with Gasteiger partial charge in [-0.05, 0) is 99.6 Å². The van der Waals surface area contributed by atoms with E-state index in [1.165, 1.54) is 72.0 Å². The van der Waals surface area contributed by atoms with Crippen molar-refractivity contribution in [3.63, 3.8) is 0 Å². The molecule has 8 aromatic carbocycles. The zero-order valence-corrected chi connectivity index (χ0v) is 29.9. The number of rotatable bonds is 6. The quantitative estimate of drug-likeness (QED) is 0.170. The molecule has 0 unspecified atom stereocenters. The number of para-hydroxylation sites is 3. The Balaban J connectivity index is 1.18. The maximum Gasteiger partial charge on any atom is 0.0628 e. The van der Waals surface area contributed by atoms with E-state index < -0.39 is 0 Å². The van der Waals surface area contributed by atoms with Gasteiger partial charge in [0.15, 0.2) is 0 Å². The Labute approximate surface area is 310 Å². The normalized spacial score (nSPS) is 12.9. The van der Waals surface area contributed by atoms with Crippen LogP contribution in [-0.4, -0.2) is 4.57 Å². The van der Waals surface area contributed by atoms with Gasteiger partial charge in [0.25, 0.3) is 0 Å². The molecule has 1 aliphatic rings. The van der Waals surface area contributed by atoms with Gasteiger partial charge in [-0.1, -0.05) is 147 Å². The predicted octanol–water partition coefficient (Wildman–Crippen LogP) is 13.9. The maximum atomic E-state index is 2.50. The molecule has 53 heavy (non-hydrogen) atoms. The topological polar surface area (TPSA) is 8.17 Å². The van der Waals surface area contributed by atoms with E-state index in [1.54, 1.807) is 0 Å². The summed E-state index contributed by atoms with van der Waals surface area (Å²) < 4.78 is 2.50. The number of aromatic nitrogens is 1. The third kappa shape index (κ3) is 4.94. The van der Waals surface area contributed by atoms with Gasteiger partial charge in [0.05, 0.1) is 11.0 Å². The Hall–Kier alpha value is -6.64. The van der Waals surface area contributed by atoms with E-state index in [-0.39, 0.29) is 5.41 Å². The zero-order valence-electron chi connectivity index (χ0n) is 29.9. The van der Waals surface area contributed by atoms with E-state index in [2.05, 4.69) is 217 Å². The fourth-order valence-electron chi connectivity index (χ4n) is 8.64. The van der Waals surface area contributed by atoms with E-state index in [4.69, 9.17) is 0 Å². The van der Waals surface area contributed by atoms with Crippen LogP contribution in [0.5, 0.6) is 0 Å². The van der Waals surface area contributed by atoms with E-state index in [9.17, 15) is 0 Å². The molecular formula is C51H38N2. The van der Waals surface area contributed by atoms with Crippen LogP contribution >= 0.6 is 0 Å². The predicted molar refractivity (Wildman–Crippen MR) is 224 cm³/mol. The van der Waals surface area contributed by atoms with Crippen molar-refractivity contribution in [1.29, 1.82) is 0 Å². The molecule has 0 spiro atoms. The molecule has 9 aromatic rings. The van der Waals surface area contributed by atoms with Gasteiger partial charge in [0.2, 0.25) is 0 Å². The number of benzene rings is 8. The lowest BCUT2D eigenvalue weighted by atomic mass is 9.81. The average molecular weight is 679 g/mol. The highest BCUT2D eigenvalue weighted by molar-refractivity contribution is 6.21. The van der Waals surface area contributed by atoms with Gasteiger partial charge in [0.1, 0.15) is 0 Å². The van der Waals surface area contributed by atoms with E-state index in [0.29, 0.717) is 0 Å². The average Bonchev–Trinajstić information content (AvgIpc) is 3.68. The zero-order chi connectivity index (χ0) is 35.5. The Kier molecular flexibility index (Phi) is 7.19. The molecule has 0 N–H and O–H groups in total. The molecule has 10 rings (SSSR count). The first-order chi connectivity index (χ1) is 26.1. The van der Waals surface area contributed by atoms with Crippen molar-refractivity contribution in [2.75, 3.05) is 4.90 Å². The standard InChI is InChI=1S/C51H38N2/c1-51(2)45-24-14-12-22-42(45)49-46(51)34-44(48-43-23-13-15-25-47(43)53(50(48)49)39-20-10-5-11-21-39)37-28-32-41(33-29-37)52(38-18-8-4-9-19-38)40-30-26-36(27-31-40)35-16-6-3-7-17-35/h3-34H,1-2H3. The summed E-state index contributed by atoms with van der Waals surface area (Å²) in [6, 6.07) is 70.6. The molecule has 0 saturated carbocycles. The van der Waals surface area contributed by atoms with Gasteiger partial charge in [-0.25, -0.2) is 0 Å². The van der Waals surface area contributed by atoms with Crippen LogP contribution in [0, 0.1) is 0 Å². The van der Waals surface area contributed by atoms with Crippen LogP contribution in [0.4, 0.5) is 17.1 Å². The van der Waals surface area contributed by atoms with Crippen LogP contribution in [0.3, 0.4) is 0 Å². The molecule has 252 valence electrons. The first kappa shape index (κ1) is 31.1. The van der Waals surface area contributed by atoms with Crippen molar-refractivity contribution < 1.29 is 0 Å². The summed E-state index contributed by atoms with van der Waals surface area (Å²) in [6.07, 6.45) is 0. The highest BCUT2D eigenvalue weighted by Gasteiger charge is 2.38. The lowest BCUT2D eigenvalue weighted by molar-refractivity contribution is 0.661.